The highest BCUT2D eigenvalue weighted by molar-refractivity contribution is 6.02. The average molecular weight is 423 g/mol. The molecule has 0 bridgehead atoms. The predicted molar refractivity (Wildman–Crippen MR) is 124 cm³/mol. The van der Waals surface area contributed by atoms with E-state index in [1.807, 2.05) is 26.0 Å². The van der Waals surface area contributed by atoms with Gasteiger partial charge >= 0.3 is 0 Å². The topological polar surface area (TPSA) is 58.6 Å². The summed E-state index contributed by atoms with van der Waals surface area (Å²) < 4.78 is 5.44. The van der Waals surface area contributed by atoms with E-state index in [1.54, 1.807) is 24.3 Å². The van der Waals surface area contributed by atoms with Crippen molar-refractivity contribution in [1.29, 1.82) is 0 Å². The number of nitrogens with zero attached hydrogens (tertiary/aromatic N) is 1. The van der Waals surface area contributed by atoms with Crippen LogP contribution in [0, 0.1) is 13.8 Å². The molecular weight excluding hydrogens is 388 g/mol. The largest absolute Gasteiger partial charge is 0.496 e. The number of benzene rings is 2. The third-order valence-corrected chi connectivity index (χ3v) is 6.45. The Bertz CT molecular complexity index is 1010. The standard InChI is InChI=1S/C26H34N2O3/c1-8-11-22-26(5,6)23-17(4)14-16(3)15-20(23)25(30)28(22)27-24(29)19-12-10-13-21(31-7)18(19)9-2/h10,12-15,22H,8-9,11H2,1-7H3,(H,27,29)/t22-/m0/s1. The number of hydrogen-bond acceptors (Lipinski definition) is 3. The third-order valence-electron chi connectivity index (χ3n) is 6.45. The first-order chi connectivity index (χ1) is 14.7. The summed E-state index contributed by atoms with van der Waals surface area (Å²) in [5.74, 6) is 0.254. The van der Waals surface area contributed by atoms with Gasteiger partial charge in [-0.1, -0.05) is 51.8 Å². The van der Waals surface area contributed by atoms with E-state index in [-0.39, 0.29) is 23.3 Å². The van der Waals surface area contributed by atoms with Gasteiger partial charge < -0.3 is 4.74 Å². The zero-order valence-electron chi connectivity index (χ0n) is 19.8. The molecule has 2 amide bonds. The monoisotopic (exact) mass is 422 g/mol. The second-order valence-electron chi connectivity index (χ2n) is 8.99. The first-order valence-electron chi connectivity index (χ1n) is 11.1. The van der Waals surface area contributed by atoms with Crippen molar-refractivity contribution in [3.8, 4) is 5.75 Å². The van der Waals surface area contributed by atoms with E-state index >= 15 is 0 Å². The molecule has 3 rings (SSSR count). The molecule has 2 aromatic rings. The maximum absolute atomic E-state index is 13.6. The van der Waals surface area contributed by atoms with Crippen LogP contribution in [0.3, 0.4) is 0 Å². The third kappa shape index (κ3) is 3.93. The number of carbonyl (C=O) groups excluding carboxylic acids is 2. The number of aryl methyl sites for hydroxylation is 2. The number of hydrogen-bond donors (Lipinski definition) is 1. The Morgan fingerprint density at radius 2 is 1.90 bits per heavy atom. The highest BCUT2D eigenvalue weighted by Crippen LogP contribution is 2.41. The lowest BCUT2D eigenvalue weighted by atomic mass is 9.69. The average Bonchev–Trinajstić information content (AvgIpc) is 2.72. The molecule has 0 spiro atoms. The maximum Gasteiger partial charge on any atom is 0.272 e. The maximum atomic E-state index is 13.6. The molecule has 5 heteroatoms. The molecule has 2 aromatic carbocycles. The minimum atomic E-state index is -0.299. The van der Waals surface area contributed by atoms with Gasteiger partial charge in [0.25, 0.3) is 11.8 Å². The summed E-state index contributed by atoms with van der Waals surface area (Å²) in [5, 5.41) is 1.58. The van der Waals surface area contributed by atoms with E-state index in [4.69, 9.17) is 4.74 Å². The lowest BCUT2D eigenvalue weighted by Gasteiger charge is -2.47. The van der Waals surface area contributed by atoms with E-state index < -0.39 is 0 Å². The summed E-state index contributed by atoms with van der Waals surface area (Å²) >= 11 is 0. The van der Waals surface area contributed by atoms with E-state index in [2.05, 4.69) is 39.2 Å². The highest BCUT2D eigenvalue weighted by Gasteiger charge is 2.46. The normalized spacial score (nSPS) is 17.3. The Morgan fingerprint density at radius 3 is 2.52 bits per heavy atom. The van der Waals surface area contributed by atoms with Crippen molar-refractivity contribution in [3.05, 3.63) is 63.7 Å². The van der Waals surface area contributed by atoms with Gasteiger partial charge in [-0.3, -0.25) is 15.0 Å². The van der Waals surface area contributed by atoms with Crippen molar-refractivity contribution in [2.24, 2.45) is 0 Å². The van der Waals surface area contributed by atoms with Crippen molar-refractivity contribution in [3.63, 3.8) is 0 Å². The van der Waals surface area contributed by atoms with Crippen LogP contribution in [-0.4, -0.2) is 30.0 Å². The van der Waals surface area contributed by atoms with E-state index in [9.17, 15) is 9.59 Å². The van der Waals surface area contributed by atoms with Gasteiger partial charge in [0.1, 0.15) is 5.75 Å². The molecule has 1 aliphatic rings. The summed E-state index contributed by atoms with van der Waals surface area (Å²) in [7, 11) is 1.60. The van der Waals surface area contributed by atoms with Gasteiger partial charge in [0, 0.05) is 22.1 Å². The number of methoxy groups -OCH3 is 1. The summed E-state index contributed by atoms with van der Waals surface area (Å²) in [6.07, 6.45) is 2.36. The molecule has 5 nitrogen and oxygen atoms in total. The van der Waals surface area contributed by atoms with E-state index in [0.717, 1.165) is 35.1 Å². The van der Waals surface area contributed by atoms with Crippen molar-refractivity contribution >= 4 is 11.8 Å². The number of fused-ring (bicyclic) bond motifs is 1. The van der Waals surface area contributed by atoms with Crippen LogP contribution < -0.4 is 10.2 Å². The first kappa shape index (κ1) is 22.9. The van der Waals surface area contributed by atoms with Crippen LogP contribution in [0.1, 0.15) is 83.5 Å². The quantitative estimate of drug-likeness (QED) is 0.703. The van der Waals surface area contributed by atoms with Gasteiger partial charge in [-0.05, 0) is 56.0 Å². The zero-order chi connectivity index (χ0) is 22.9. The molecule has 0 radical (unpaired) electrons. The second kappa shape index (κ2) is 8.74. The lowest BCUT2D eigenvalue weighted by Crippen LogP contribution is -2.61. The Kier molecular flexibility index (Phi) is 6.44. The van der Waals surface area contributed by atoms with Crippen molar-refractivity contribution in [2.75, 3.05) is 7.11 Å². The smallest absolute Gasteiger partial charge is 0.272 e. The predicted octanol–water partition coefficient (Wildman–Crippen LogP) is 5.12. The first-order valence-corrected chi connectivity index (χ1v) is 11.1. The Balaban J connectivity index is 2.08. The van der Waals surface area contributed by atoms with E-state index in [1.165, 1.54) is 0 Å². The number of ether oxygens (including phenoxy) is 1. The molecule has 0 saturated heterocycles. The highest BCUT2D eigenvalue weighted by atomic mass is 16.5. The molecule has 31 heavy (non-hydrogen) atoms. The summed E-state index contributed by atoms with van der Waals surface area (Å²) in [4.78, 5) is 27.0. The molecule has 1 N–H and O–H groups in total. The minimum absolute atomic E-state index is 0.140. The van der Waals surface area contributed by atoms with Crippen molar-refractivity contribution in [2.45, 2.75) is 72.3 Å². The molecular formula is C26H34N2O3. The van der Waals surface area contributed by atoms with Crippen molar-refractivity contribution < 1.29 is 14.3 Å². The van der Waals surface area contributed by atoms with Crippen LogP contribution in [0.5, 0.6) is 5.75 Å². The number of rotatable bonds is 6. The molecule has 0 unspecified atom stereocenters. The molecule has 166 valence electrons. The zero-order valence-corrected chi connectivity index (χ0v) is 19.8. The summed E-state index contributed by atoms with van der Waals surface area (Å²) in [6.45, 7) is 12.5. The van der Waals surface area contributed by atoms with Crippen LogP contribution in [0.15, 0.2) is 30.3 Å². The fourth-order valence-electron chi connectivity index (χ4n) is 5.15. The molecule has 1 aliphatic heterocycles. The van der Waals surface area contributed by atoms with Crippen LogP contribution in [0.4, 0.5) is 0 Å². The van der Waals surface area contributed by atoms with Crippen LogP contribution in [0.2, 0.25) is 0 Å². The van der Waals surface area contributed by atoms with Crippen LogP contribution >= 0.6 is 0 Å². The molecule has 0 fully saturated rings. The van der Waals surface area contributed by atoms with E-state index in [0.29, 0.717) is 23.3 Å². The Labute approximate surface area is 185 Å². The number of carbonyl (C=O) groups is 2. The fourth-order valence-corrected chi connectivity index (χ4v) is 5.15. The van der Waals surface area contributed by atoms with Gasteiger partial charge in [0.2, 0.25) is 0 Å². The minimum Gasteiger partial charge on any atom is -0.496 e. The molecule has 0 saturated carbocycles. The lowest BCUT2D eigenvalue weighted by molar-refractivity contribution is 0.0302. The van der Waals surface area contributed by atoms with Gasteiger partial charge in [-0.15, -0.1) is 0 Å². The van der Waals surface area contributed by atoms with Gasteiger partial charge in [-0.2, -0.15) is 0 Å². The number of hydrazine groups is 1. The molecule has 1 atom stereocenters. The van der Waals surface area contributed by atoms with Crippen LogP contribution in [0.25, 0.3) is 0 Å². The molecule has 0 aromatic heterocycles. The van der Waals surface area contributed by atoms with Crippen molar-refractivity contribution in [1.82, 2.24) is 10.4 Å². The molecule has 0 aliphatic carbocycles. The van der Waals surface area contributed by atoms with Gasteiger partial charge in [-0.25, -0.2) is 5.01 Å². The Hall–Kier alpha value is -2.82. The second-order valence-corrected chi connectivity index (χ2v) is 8.99. The number of nitrogens with one attached hydrogen (secondary N) is 1. The molecule has 1 heterocycles. The number of amides is 2. The summed E-state index contributed by atoms with van der Waals surface area (Å²) in [6, 6.07) is 9.38. The van der Waals surface area contributed by atoms with Gasteiger partial charge in [0.05, 0.1) is 13.2 Å². The SMILES string of the molecule is CCC[C@@H]1N(NC(=O)c2cccc(OC)c2CC)C(=O)c2cc(C)cc(C)c2C1(C)C. The Morgan fingerprint density at radius 1 is 1.19 bits per heavy atom. The van der Waals surface area contributed by atoms with Gasteiger partial charge in [0.15, 0.2) is 0 Å². The summed E-state index contributed by atoms with van der Waals surface area (Å²) in [5.41, 5.74) is 7.98. The fraction of sp³-hybridized carbons (Fsp3) is 0.462. The van der Waals surface area contributed by atoms with Crippen LogP contribution in [-0.2, 0) is 11.8 Å².